The van der Waals surface area contributed by atoms with Crippen LogP contribution < -0.4 is 20.5 Å². The first kappa shape index (κ1) is 19.2. The van der Waals surface area contributed by atoms with Gasteiger partial charge in [-0.2, -0.15) is 0 Å². The summed E-state index contributed by atoms with van der Waals surface area (Å²) in [6, 6.07) is 14.8. The lowest BCUT2D eigenvalue weighted by Gasteiger charge is -2.28. The molecule has 0 fully saturated rings. The van der Waals surface area contributed by atoms with Gasteiger partial charge in [-0.05, 0) is 35.8 Å². The summed E-state index contributed by atoms with van der Waals surface area (Å²) in [5.41, 5.74) is 7.24. The fraction of sp³-hybridized carbons (Fsp3) is 0.190. The molecule has 3 rings (SSSR count). The van der Waals surface area contributed by atoms with Gasteiger partial charge >= 0.3 is 0 Å². The van der Waals surface area contributed by atoms with E-state index in [4.69, 9.17) is 4.74 Å². The SMILES string of the molecule is CCc1ccc(/C=C/C(=O)NNC(=O)CN2C(=O)COc3ccccc32)cc1. The van der Waals surface area contributed by atoms with Gasteiger partial charge in [0.25, 0.3) is 17.7 Å². The summed E-state index contributed by atoms with van der Waals surface area (Å²) >= 11 is 0. The number of amides is 3. The summed E-state index contributed by atoms with van der Waals surface area (Å²) in [5.74, 6) is -0.771. The molecule has 0 atom stereocenters. The molecule has 0 aliphatic carbocycles. The smallest absolute Gasteiger partial charge is 0.265 e. The molecule has 1 aliphatic heterocycles. The average Bonchev–Trinajstić information content (AvgIpc) is 2.73. The molecule has 28 heavy (non-hydrogen) atoms. The van der Waals surface area contributed by atoms with Crippen LogP contribution >= 0.6 is 0 Å². The highest BCUT2D eigenvalue weighted by Gasteiger charge is 2.26. The Hall–Kier alpha value is -3.61. The minimum Gasteiger partial charge on any atom is -0.482 e. The van der Waals surface area contributed by atoms with Crippen molar-refractivity contribution in [1.82, 2.24) is 10.9 Å². The maximum absolute atomic E-state index is 12.1. The Morgan fingerprint density at radius 3 is 2.61 bits per heavy atom. The normalized spacial score (nSPS) is 13.0. The Balaban J connectivity index is 1.52. The minimum absolute atomic E-state index is 0.129. The third-order valence-electron chi connectivity index (χ3n) is 4.25. The van der Waals surface area contributed by atoms with E-state index in [1.54, 1.807) is 30.3 Å². The van der Waals surface area contributed by atoms with E-state index in [1.807, 2.05) is 24.3 Å². The highest BCUT2D eigenvalue weighted by Crippen LogP contribution is 2.31. The molecule has 0 aromatic heterocycles. The fourth-order valence-electron chi connectivity index (χ4n) is 2.72. The van der Waals surface area contributed by atoms with Gasteiger partial charge < -0.3 is 4.74 Å². The zero-order chi connectivity index (χ0) is 19.9. The van der Waals surface area contributed by atoms with Crippen LogP contribution in [-0.2, 0) is 20.8 Å². The molecule has 0 saturated heterocycles. The fourth-order valence-corrected chi connectivity index (χ4v) is 2.72. The van der Waals surface area contributed by atoms with Gasteiger partial charge in [-0.3, -0.25) is 30.1 Å². The summed E-state index contributed by atoms with van der Waals surface area (Å²) in [5, 5.41) is 0. The zero-order valence-electron chi connectivity index (χ0n) is 15.5. The Bertz CT molecular complexity index is 906. The summed E-state index contributed by atoms with van der Waals surface area (Å²) in [6.07, 6.45) is 3.94. The third kappa shape index (κ3) is 4.76. The summed E-state index contributed by atoms with van der Waals surface area (Å²) in [7, 11) is 0. The number of para-hydroxylation sites is 2. The number of carbonyl (C=O) groups is 3. The molecule has 3 amide bonds. The van der Waals surface area contributed by atoms with Crippen LogP contribution in [0.2, 0.25) is 0 Å². The molecule has 0 saturated carbocycles. The van der Waals surface area contributed by atoms with Gasteiger partial charge in [0.05, 0.1) is 5.69 Å². The van der Waals surface area contributed by atoms with Crippen molar-refractivity contribution in [3.05, 3.63) is 65.7 Å². The van der Waals surface area contributed by atoms with Gasteiger partial charge in [0, 0.05) is 6.08 Å². The second-order valence-electron chi connectivity index (χ2n) is 6.20. The number of anilines is 1. The van der Waals surface area contributed by atoms with Gasteiger partial charge in [-0.1, -0.05) is 43.3 Å². The maximum Gasteiger partial charge on any atom is 0.265 e. The largest absolute Gasteiger partial charge is 0.482 e. The van der Waals surface area contributed by atoms with Gasteiger partial charge in [-0.15, -0.1) is 0 Å². The average molecular weight is 379 g/mol. The molecular formula is C21H21N3O4. The highest BCUT2D eigenvalue weighted by molar-refractivity contribution is 6.02. The van der Waals surface area contributed by atoms with Crippen molar-refractivity contribution in [3.63, 3.8) is 0 Å². The molecule has 144 valence electrons. The van der Waals surface area contributed by atoms with E-state index in [0.717, 1.165) is 12.0 Å². The van der Waals surface area contributed by atoms with Crippen molar-refractivity contribution in [2.45, 2.75) is 13.3 Å². The Kier molecular flexibility index (Phi) is 6.06. The first-order valence-corrected chi connectivity index (χ1v) is 8.95. The molecule has 2 aromatic carbocycles. The van der Waals surface area contributed by atoms with E-state index in [1.165, 1.54) is 16.5 Å². The van der Waals surface area contributed by atoms with E-state index in [-0.39, 0.29) is 19.1 Å². The van der Waals surface area contributed by atoms with E-state index in [2.05, 4.69) is 17.8 Å². The lowest BCUT2D eigenvalue weighted by molar-refractivity contribution is -0.127. The van der Waals surface area contributed by atoms with E-state index in [0.29, 0.717) is 11.4 Å². The highest BCUT2D eigenvalue weighted by atomic mass is 16.5. The monoisotopic (exact) mass is 379 g/mol. The van der Waals surface area contributed by atoms with Crippen LogP contribution in [0.15, 0.2) is 54.6 Å². The molecule has 0 bridgehead atoms. The number of aryl methyl sites for hydroxylation is 1. The molecule has 1 heterocycles. The number of fused-ring (bicyclic) bond motifs is 1. The second-order valence-corrected chi connectivity index (χ2v) is 6.20. The number of rotatable bonds is 5. The summed E-state index contributed by atoms with van der Waals surface area (Å²) in [6.45, 7) is 1.72. The van der Waals surface area contributed by atoms with E-state index in [9.17, 15) is 14.4 Å². The topological polar surface area (TPSA) is 87.7 Å². The van der Waals surface area contributed by atoms with Gasteiger partial charge in [0.15, 0.2) is 6.61 Å². The van der Waals surface area contributed by atoms with Gasteiger partial charge in [0.1, 0.15) is 12.3 Å². The predicted molar refractivity (Wildman–Crippen MR) is 105 cm³/mol. The molecule has 0 radical (unpaired) electrons. The maximum atomic E-state index is 12.1. The molecule has 1 aliphatic rings. The third-order valence-corrected chi connectivity index (χ3v) is 4.25. The van der Waals surface area contributed by atoms with E-state index >= 15 is 0 Å². The number of ether oxygens (including phenoxy) is 1. The molecule has 7 heteroatoms. The molecule has 7 nitrogen and oxygen atoms in total. The lowest BCUT2D eigenvalue weighted by atomic mass is 10.1. The zero-order valence-corrected chi connectivity index (χ0v) is 15.5. The summed E-state index contributed by atoms with van der Waals surface area (Å²) < 4.78 is 5.33. The first-order chi connectivity index (χ1) is 13.6. The molecule has 2 aromatic rings. The first-order valence-electron chi connectivity index (χ1n) is 8.95. The summed E-state index contributed by atoms with van der Waals surface area (Å²) in [4.78, 5) is 37.4. The van der Waals surface area contributed by atoms with Crippen molar-refractivity contribution in [1.29, 1.82) is 0 Å². The predicted octanol–water partition coefficient (Wildman–Crippen LogP) is 1.84. The van der Waals surface area contributed by atoms with Crippen LogP contribution in [0.3, 0.4) is 0 Å². The molecular weight excluding hydrogens is 358 g/mol. The van der Waals surface area contributed by atoms with E-state index < -0.39 is 11.8 Å². The lowest BCUT2D eigenvalue weighted by Crippen LogP contribution is -2.49. The molecule has 2 N–H and O–H groups in total. The van der Waals surface area contributed by atoms with Crippen LogP contribution in [0, 0.1) is 0 Å². The standard InChI is InChI=1S/C21H21N3O4/c1-2-15-7-9-16(10-8-15)11-12-19(25)22-23-20(26)13-24-17-5-3-4-6-18(17)28-14-21(24)27/h3-12H,2,13-14H2,1H3,(H,22,25)(H,23,26)/b12-11+. The molecule has 0 unspecified atom stereocenters. The number of hydrogen-bond acceptors (Lipinski definition) is 4. The van der Waals surface area contributed by atoms with Crippen LogP contribution in [0.1, 0.15) is 18.1 Å². The number of carbonyl (C=O) groups excluding carboxylic acids is 3. The van der Waals surface area contributed by atoms with Crippen molar-refractivity contribution >= 4 is 29.5 Å². The van der Waals surface area contributed by atoms with Crippen molar-refractivity contribution < 1.29 is 19.1 Å². The van der Waals surface area contributed by atoms with Gasteiger partial charge in [0.2, 0.25) is 0 Å². The Labute approximate surface area is 163 Å². The second kappa shape index (κ2) is 8.85. The minimum atomic E-state index is -0.515. The van der Waals surface area contributed by atoms with Crippen LogP contribution in [0.25, 0.3) is 6.08 Å². The van der Waals surface area contributed by atoms with Crippen molar-refractivity contribution in [2.75, 3.05) is 18.1 Å². The number of nitrogens with zero attached hydrogens (tertiary/aromatic N) is 1. The van der Waals surface area contributed by atoms with Crippen LogP contribution in [-0.4, -0.2) is 30.9 Å². The number of hydrogen-bond donors (Lipinski definition) is 2. The number of benzene rings is 2. The van der Waals surface area contributed by atoms with Crippen molar-refractivity contribution in [2.24, 2.45) is 0 Å². The number of hydrazine groups is 1. The van der Waals surface area contributed by atoms with Crippen molar-refractivity contribution in [3.8, 4) is 5.75 Å². The molecule has 0 spiro atoms. The van der Waals surface area contributed by atoms with Crippen LogP contribution in [0.5, 0.6) is 5.75 Å². The van der Waals surface area contributed by atoms with Gasteiger partial charge in [-0.25, -0.2) is 0 Å². The number of nitrogens with one attached hydrogen (secondary N) is 2. The Morgan fingerprint density at radius 1 is 1.11 bits per heavy atom. The quantitative estimate of drug-likeness (QED) is 0.613. The Morgan fingerprint density at radius 2 is 1.86 bits per heavy atom. The van der Waals surface area contributed by atoms with Crippen LogP contribution in [0.4, 0.5) is 5.69 Å².